The summed E-state index contributed by atoms with van der Waals surface area (Å²) in [5.41, 5.74) is 0.0434. The van der Waals surface area contributed by atoms with Crippen molar-refractivity contribution in [3.05, 3.63) is 21.5 Å². The molecule has 2 heterocycles. The van der Waals surface area contributed by atoms with Gasteiger partial charge in [-0.1, -0.05) is 12.8 Å². The lowest BCUT2D eigenvalue weighted by molar-refractivity contribution is -0.385. The van der Waals surface area contributed by atoms with Crippen LogP contribution in [0.15, 0.2) is 0 Å². The van der Waals surface area contributed by atoms with Crippen molar-refractivity contribution in [2.75, 3.05) is 13.1 Å². The molecule has 0 saturated carbocycles. The second kappa shape index (κ2) is 5.16. The lowest BCUT2D eigenvalue weighted by Gasteiger charge is -2.18. The molecule has 7 nitrogen and oxygen atoms in total. The minimum Gasteiger partial charge on any atom is -0.337 e. The Labute approximate surface area is 104 Å². The molecule has 1 saturated heterocycles. The van der Waals surface area contributed by atoms with E-state index in [-0.39, 0.29) is 17.3 Å². The van der Waals surface area contributed by atoms with E-state index in [0.29, 0.717) is 18.8 Å². The number of nitro groups is 1. The van der Waals surface area contributed by atoms with Gasteiger partial charge in [0, 0.05) is 13.1 Å². The summed E-state index contributed by atoms with van der Waals surface area (Å²) in [4.78, 5) is 24.3. The van der Waals surface area contributed by atoms with Crippen LogP contribution in [0.1, 0.15) is 41.9 Å². The van der Waals surface area contributed by atoms with Crippen LogP contribution in [-0.4, -0.2) is 39.0 Å². The smallest absolute Gasteiger partial charge is 0.322 e. The predicted octanol–water partition coefficient (Wildman–Crippen LogP) is 1.64. The number of aromatic amines is 1. The maximum Gasteiger partial charge on any atom is 0.322 e. The van der Waals surface area contributed by atoms with Crippen molar-refractivity contribution in [1.82, 2.24) is 15.1 Å². The fourth-order valence-electron chi connectivity index (χ4n) is 2.22. The quantitative estimate of drug-likeness (QED) is 0.639. The first-order valence-corrected chi connectivity index (χ1v) is 6.10. The monoisotopic (exact) mass is 252 g/mol. The third kappa shape index (κ3) is 2.34. The second-order valence-corrected chi connectivity index (χ2v) is 4.51. The number of H-pyrrole nitrogens is 1. The highest BCUT2D eigenvalue weighted by Crippen LogP contribution is 2.22. The maximum absolute atomic E-state index is 12.2. The van der Waals surface area contributed by atoms with Gasteiger partial charge in [-0.15, -0.1) is 0 Å². The summed E-state index contributed by atoms with van der Waals surface area (Å²) in [5.74, 6) is -0.340. The molecule has 0 atom stereocenters. The number of carbonyl (C=O) groups is 1. The van der Waals surface area contributed by atoms with Crippen LogP contribution in [-0.2, 0) is 0 Å². The van der Waals surface area contributed by atoms with Crippen LogP contribution in [0.2, 0.25) is 0 Å². The lowest BCUT2D eigenvalue weighted by atomic mass is 10.2. The van der Waals surface area contributed by atoms with Crippen molar-refractivity contribution >= 4 is 11.6 Å². The number of rotatable bonds is 2. The zero-order valence-corrected chi connectivity index (χ0v) is 10.3. The number of carbonyl (C=O) groups excluding carboxylic acids is 1. The molecule has 1 aliphatic rings. The standard InChI is InChI=1S/C11H16N4O3/c1-8-10(15(17)18)9(13-12-8)11(16)14-6-4-2-3-5-7-14/h2-7H2,1H3,(H,12,13). The molecule has 1 aliphatic heterocycles. The summed E-state index contributed by atoms with van der Waals surface area (Å²) in [6.45, 7) is 2.86. The molecule has 1 fully saturated rings. The summed E-state index contributed by atoms with van der Waals surface area (Å²) >= 11 is 0. The Hall–Kier alpha value is -1.92. The second-order valence-electron chi connectivity index (χ2n) is 4.51. The average Bonchev–Trinajstić information content (AvgIpc) is 2.56. The van der Waals surface area contributed by atoms with Crippen LogP contribution in [0.25, 0.3) is 0 Å². The van der Waals surface area contributed by atoms with Crippen LogP contribution in [0.5, 0.6) is 0 Å². The first kappa shape index (κ1) is 12.5. The highest BCUT2D eigenvalue weighted by molar-refractivity contribution is 5.96. The van der Waals surface area contributed by atoms with Crippen molar-refractivity contribution in [1.29, 1.82) is 0 Å². The Balaban J connectivity index is 2.25. The highest BCUT2D eigenvalue weighted by Gasteiger charge is 2.30. The highest BCUT2D eigenvalue weighted by atomic mass is 16.6. The summed E-state index contributed by atoms with van der Waals surface area (Å²) in [5, 5.41) is 17.2. The fourth-order valence-corrected chi connectivity index (χ4v) is 2.22. The van der Waals surface area contributed by atoms with E-state index in [1.54, 1.807) is 11.8 Å². The maximum atomic E-state index is 12.2. The first-order valence-electron chi connectivity index (χ1n) is 6.10. The van der Waals surface area contributed by atoms with Gasteiger partial charge in [0.25, 0.3) is 5.91 Å². The molecule has 0 spiro atoms. The Morgan fingerprint density at radius 3 is 2.50 bits per heavy atom. The van der Waals surface area contributed by atoms with Crippen LogP contribution in [0, 0.1) is 17.0 Å². The molecule has 0 unspecified atom stereocenters. The first-order chi connectivity index (χ1) is 8.61. The Morgan fingerprint density at radius 2 is 1.94 bits per heavy atom. The summed E-state index contributed by atoms with van der Waals surface area (Å²) in [7, 11) is 0. The normalized spacial score (nSPS) is 16.4. The number of hydrogen-bond donors (Lipinski definition) is 1. The summed E-state index contributed by atoms with van der Waals surface area (Å²) in [6.07, 6.45) is 4.10. The molecule has 0 aliphatic carbocycles. The molecule has 7 heteroatoms. The number of nitrogens with zero attached hydrogens (tertiary/aromatic N) is 3. The Kier molecular flexibility index (Phi) is 3.59. The molecular weight excluding hydrogens is 236 g/mol. The largest absolute Gasteiger partial charge is 0.337 e. The number of nitrogens with one attached hydrogen (secondary N) is 1. The van der Waals surface area contributed by atoms with Crippen molar-refractivity contribution in [3.63, 3.8) is 0 Å². The Morgan fingerprint density at radius 1 is 1.33 bits per heavy atom. The number of likely N-dealkylation sites (tertiary alicyclic amines) is 1. The third-order valence-electron chi connectivity index (χ3n) is 3.19. The predicted molar refractivity (Wildman–Crippen MR) is 64.4 cm³/mol. The molecule has 0 aromatic carbocycles. The van der Waals surface area contributed by atoms with E-state index < -0.39 is 4.92 Å². The Bertz CT molecular complexity index is 461. The van der Waals surface area contributed by atoms with Crippen molar-refractivity contribution < 1.29 is 9.72 Å². The molecule has 98 valence electrons. The molecule has 1 aromatic heterocycles. The minimum absolute atomic E-state index is 0.0700. The van der Waals surface area contributed by atoms with Gasteiger partial charge in [0.1, 0.15) is 5.69 Å². The third-order valence-corrected chi connectivity index (χ3v) is 3.19. The molecule has 1 aromatic rings. The van der Waals surface area contributed by atoms with E-state index in [1.807, 2.05) is 0 Å². The molecule has 1 N–H and O–H groups in total. The molecule has 2 rings (SSSR count). The van der Waals surface area contributed by atoms with Gasteiger partial charge in [-0.05, 0) is 19.8 Å². The summed E-state index contributed by atoms with van der Waals surface area (Å²) in [6, 6.07) is 0. The number of hydrogen-bond acceptors (Lipinski definition) is 4. The van der Waals surface area contributed by atoms with Gasteiger partial charge in [-0.25, -0.2) is 0 Å². The van der Waals surface area contributed by atoms with Gasteiger partial charge < -0.3 is 4.90 Å². The molecule has 18 heavy (non-hydrogen) atoms. The zero-order valence-electron chi connectivity index (χ0n) is 10.3. The van der Waals surface area contributed by atoms with E-state index in [9.17, 15) is 14.9 Å². The molecule has 0 radical (unpaired) electrons. The van der Waals surface area contributed by atoms with Crippen molar-refractivity contribution in [2.24, 2.45) is 0 Å². The van der Waals surface area contributed by atoms with Gasteiger partial charge >= 0.3 is 5.69 Å². The van der Waals surface area contributed by atoms with Crippen LogP contribution in [0.4, 0.5) is 5.69 Å². The SMILES string of the molecule is Cc1[nH]nc(C(=O)N2CCCCCC2)c1[N+](=O)[O-]. The number of aromatic nitrogens is 2. The number of amides is 1. The van der Waals surface area contributed by atoms with Crippen LogP contribution < -0.4 is 0 Å². The van der Waals surface area contributed by atoms with Gasteiger partial charge in [-0.2, -0.15) is 5.10 Å². The molecule has 1 amide bonds. The van der Waals surface area contributed by atoms with E-state index in [2.05, 4.69) is 10.2 Å². The van der Waals surface area contributed by atoms with Gasteiger partial charge in [0.05, 0.1) is 4.92 Å². The topological polar surface area (TPSA) is 92.1 Å². The van der Waals surface area contributed by atoms with Crippen molar-refractivity contribution in [3.8, 4) is 0 Å². The van der Waals surface area contributed by atoms with Crippen LogP contribution in [0.3, 0.4) is 0 Å². The van der Waals surface area contributed by atoms with Crippen LogP contribution >= 0.6 is 0 Å². The number of aryl methyl sites for hydroxylation is 1. The van der Waals surface area contributed by atoms with E-state index in [1.165, 1.54) is 0 Å². The minimum atomic E-state index is -0.552. The van der Waals surface area contributed by atoms with E-state index >= 15 is 0 Å². The zero-order chi connectivity index (χ0) is 13.1. The van der Waals surface area contributed by atoms with Gasteiger partial charge in [-0.3, -0.25) is 20.0 Å². The lowest BCUT2D eigenvalue weighted by Crippen LogP contribution is -2.32. The van der Waals surface area contributed by atoms with Gasteiger partial charge in [0.2, 0.25) is 5.69 Å². The van der Waals surface area contributed by atoms with E-state index in [4.69, 9.17) is 0 Å². The molecule has 0 bridgehead atoms. The summed E-state index contributed by atoms with van der Waals surface area (Å²) < 4.78 is 0. The molecular formula is C11H16N4O3. The average molecular weight is 252 g/mol. The van der Waals surface area contributed by atoms with Crippen molar-refractivity contribution in [2.45, 2.75) is 32.6 Å². The van der Waals surface area contributed by atoms with Gasteiger partial charge in [0.15, 0.2) is 0 Å². The van der Waals surface area contributed by atoms with E-state index in [0.717, 1.165) is 25.7 Å². The fraction of sp³-hybridized carbons (Fsp3) is 0.636.